The third-order valence-corrected chi connectivity index (χ3v) is 2.69. The number of carboxylic acid groups (broad SMARTS) is 1. The van der Waals surface area contributed by atoms with E-state index >= 15 is 0 Å². The molecule has 0 saturated heterocycles. The van der Waals surface area contributed by atoms with Crippen LogP contribution in [-0.2, 0) is 20.7 Å². The van der Waals surface area contributed by atoms with E-state index in [4.69, 9.17) is 5.11 Å². The molecule has 8 nitrogen and oxygen atoms in total. The number of nitro benzene ring substituents is 1. The van der Waals surface area contributed by atoms with Gasteiger partial charge in [0.05, 0.1) is 17.6 Å². The molecule has 1 unspecified atom stereocenters. The number of hydrogen-bond acceptors (Lipinski definition) is 6. The molecule has 8 heteroatoms. The van der Waals surface area contributed by atoms with Gasteiger partial charge in [-0.1, -0.05) is 12.1 Å². The van der Waals surface area contributed by atoms with Gasteiger partial charge >= 0.3 is 11.9 Å². The minimum absolute atomic E-state index is 0.0170. The van der Waals surface area contributed by atoms with Crippen LogP contribution in [0.15, 0.2) is 18.2 Å². The molecule has 0 aliphatic heterocycles. The van der Waals surface area contributed by atoms with E-state index in [-0.39, 0.29) is 24.0 Å². The maximum atomic E-state index is 11.1. The van der Waals surface area contributed by atoms with E-state index in [1.54, 1.807) is 0 Å². The summed E-state index contributed by atoms with van der Waals surface area (Å²) in [5.74, 6) is -2.12. The molecule has 0 aliphatic rings. The Labute approximate surface area is 113 Å². The van der Waals surface area contributed by atoms with Crippen LogP contribution in [0.4, 0.5) is 5.69 Å². The summed E-state index contributed by atoms with van der Waals surface area (Å²) in [5.41, 5.74) is -0.644. The lowest BCUT2D eigenvalue weighted by Gasteiger charge is -2.10. The number of ether oxygens (including phenoxy) is 1. The number of aliphatic hydroxyl groups excluding tert-OH is 1. The highest BCUT2D eigenvalue weighted by atomic mass is 16.6. The zero-order valence-electron chi connectivity index (χ0n) is 10.6. The van der Waals surface area contributed by atoms with Crippen LogP contribution in [0.5, 0.6) is 0 Å². The van der Waals surface area contributed by atoms with Crippen molar-refractivity contribution in [2.45, 2.75) is 18.9 Å². The third kappa shape index (κ3) is 3.51. The Hall–Kier alpha value is -2.48. The van der Waals surface area contributed by atoms with Crippen LogP contribution >= 0.6 is 0 Å². The van der Waals surface area contributed by atoms with Gasteiger partial charge in [0.15, 0.2) is 6.10 Å². The van der Waals surface area contributed by atoms with Crippen molar-refractivity contribution in [3.63, 3.8) is 0 Å². The van der Waals surface area contributed by atoms with Gasteiger partial charge in [-0.25, -0.2) is 4.79 Å². The molecule has 0 radical (unpaired) electrons. The van der Waals surface area contributed by atoms with Gasteiger partial charge < -0.3 is 14.9 Å². The van der Waals surface area contributed by atoms with Crippen LogP contribution in [0.3, 0.4) is 0 Å². The van der Waals surface area contributed by atoms with Gasteiger partial charge in [-0.2, -0.15) is 0 Å². The lowest BCUT2D eigenvalue weighted by atomic mass is 9.99. The summed E-state index contributed by atoms with van der Waals surface area (Å²) in [7, 11) is 1.20. The normalized spacial score (nSPS) is 11.7. The van der Waals surface area contributed by atoms with Gasteiger partial charge in [0, 0.05) is 12.0 Å². The molecule has 0 amide bonds. The Morgan fingerprint density at radius 2 is 2.10 bits per heavy atom. The topological polar surface area (TPSA) is 127 Å². The molecular weight excluding hydrogens is 270 g/mol. The van der Waals surface area contributed by atoms with Gasteiger partial charge in [0.25, 0.3) is 5.69 Å². The number of aryl methyl sites for hydroxylation is 1. The number of carbonyl (C=O) groups excluding carboxylic acids is 1. The second-order valence-corrected chi connectivity index (χ2v) is 3.93. The molecule has 2 N–H and O–H groups in total. The first-order valence-corrected chi connectivity index (χ1v) is 5.62. The van der Waals surface area contributed by atoms with Crippen molar-refractivity contribution in [3.8, 4) is 0 Å². The Balaban J connectivity index is 3.18. The molecule has 0 heterocycles. The first kappa shape index (κ1) is 15.6. The van der Waals surface area contributed by atoms with Crippen LogP contribution in [0, 0.1) is 10.1 Å². The first-order chi connectivity index (χ1) is 9.38. The van der Waals surface area contributed by atoms with Gasteiger partial charge in [-0.3, -0.25) is 14.9 Å². The molecule has 0 bridgehead atoms. The first-order valence-electron chi connectivity index (χ1n) is 5.62. The Morgan fingerprint density at radius 3 is 2.60 bits per heavy atom. The average molecular weight is 283 g/mol. The number of methoxy groups -OCH3 is 1. The molecule has 0 aromatic heterocycles. The van der Waals surface area contributed by atoms with E-state index in [9.17, 15) is 24.8 Å². The van der Waals surface area contributed by atoms with Gasteiger partial charge in [0.1, 0.15) is 0 Å². The summed E-state index contributed by atoms with van der Waals surface area (Å²) >= 11 is 0. The second kappa shape index (κ2) is 6.62. The quantitative estimate of drug-likeness (QED) is 0.449. The fourth-order valence-electron chi connectivity index (χ4n) is 1.73. The number of esters is 1. The van der Waals surface area contributed by atoms with Crippen LogP contribution < -0.4 is 0 Å². The average Bonchev–Trinajstić information content (AvgIpc) is 2.42. The van der Waals surface area contributed by atoms with Crippen molar-refractivity contribution in [1.29, 1.82) is 0 Å². The summed E-state index contributed by atoms with van der Waals surface area (Å²) in [6.45, 7) is 0. The largest absolute Gasteiger partial charge is 0.479 e. The van der Waals surface area contributed by atoms with E-state index < -0.39 is 28.7 Å². The molecule has 108 valence electrons. The monoisotopic (exact) mass is 283 g/mol. The zero-order valence-corrected chi connectivity index (χ0v) is 10.6. The summed E-state index contributed by atoms with van der Waals surface area (Å²) < 4.78 is 4.44. The number of aliphatic hydroxyl groups is 1. The predicted octanol–water partition coefficient (Wildman–Crippen LogP) is 0.818. The molecule has 0 saturated carbocycles. The standard InChI is InChI=1S/C12H13NO7/c1-20-9(14)6-5-7-3-2-4-8(10(7)13(18)19)11(15)12(16)17/h2-4,11,15H,5-6H2,1H3,(H,16,17). The molecule has 1 atom stereocenters. The van der Waals surface area contributed by atoms with Crippen molar-refractivity contribution >= 4 is 17.6 Å². The maximum Gasteiger partial charge on any atom is 0.337 e. The summed E-state index contributed by atoms with van der Waals surface area (Å²) in [6.07, 6.45) is -2.05. The molecule has 20 heavy (non-hydrogen) atoms. The number of aliphatic carboxylic acids is 1. The number of carbonyl (C=O) groups is 2. The van der Waals surface area contributed by atoms with Crippen molar-refractivity contribution in [2.24, 2.45) is 0 Å². The van der Waals surface area contributed by atoms with Crippen molar-refractivity contribution in [3.05, 3.63) is 39.4 Å². The highest BCUT2D eigenvalue weighted by Crippen LogP contribution is 2.30. The number of carboxylic acids is 1. The van der Waals surface area contributed by atoms with Crippen LogP contribution in [-0.4, -0.2) is 34.2 Å². The van der Waals surface area contributed by atoms with Crippen LogP contribution in [0.2, 0.25) is 0 Å². The Kier molecular flexibility index (Phi) is 5.15. The number of nitro groups is 1. The molecule has 0 aliphatic carbocycles. The SMILES string of the molecule is COC(=O)CCc1cccc(C(O)C(=O)O)c1[N+](=O)[O-]. The number of hydrogen-bond donors (Lipinski definition) is 2. The van der Waals surface area contributed by atoms with E-state index in [0.29, 0.717) is 0 Å². The fourth-order valence-corrected chi connectivity index (χ4v) is 1.73. The summed E-state index contributed by atoms with van der Waals surface area (Å²) in [5, 5.41) is 29.3. The second-order valence-electron chi connectivity index (χ2n) is 3.93. The Morgan fingerprint density at radius 1 is 1.45 bits per heavy atom. The lowest BCUT2D eigenvalue weighted by molar-refractivity contribution is -0.386. The van der Waals surface area contributed by atoms with Crippen molar-refractivity contribution in [2.75, 3.05) is 7.11 Å². The molecular formula is C12H13NO7. The van der Waals surface area contributed by atoms with E-state index in [0.717, 1.165) is 0 Å². The number of nitrogens with zero attached hydrogens (tertiary/aromatic N) is 1. The van der Waals surface area contributed by atoms with Crippen molar-refractivity contribution in [1.82, 2.24) is 0 Å². The van der Waals surface area contributed by atoms with Crippen LogP contribution in [0.1, 0.15) is 23.7 Å². The highest BCUT2D eigenvalue weighted by molar-refractivity contribution is 5.76. The zero-order chi connectivity index (χ0) is 15.3. The number of benzene rings is 1. The molecule has 0 fully saturated rings. The van der Waals surface area contributed by atoms with E-state index in [1.165, 1.54) is 25.3 Å². The highest BCUT2D eigenvalue weighted by Gasteiger charge is 2.28. The fraction of sp³-hybridized carbons (Fsp3) is 0.333. The summed E-state index contributed by atoms with van der Waals surface area (Å²) in [6, 6.07) is 3.96. The Bertz CT molecular complexity index is 541. The van der Waals surface area contributed by atoms with Gasteiger partial charge in [-0.15, -0.1) is 0 Å². The minimum atomic E-state index is -1.99. The van der Waals surface area contributed by atoms with E-state index in [1.807, 2.05) is 0 Å². The van der Waals surface area contributed by atoms with Gasteiger partial charge in [-0.05, 0) is 12.5 Å². The van der Waals surface area contributed by atoms with E-state index in [2.05, 4.69) is 4.74 Å². The smallest absolute Gasteiger partial charge is 0.337 e. The lowest BCUT2D eigenvalue weighted by Crippen LogP contribution is -2.14. The molecule has 1 aromatic rings. The molecule has 1 aromatic carbocycles. The predicted molar refractivity (Wildman–Crippen MR) is 66.0 cm³/mol. The minimum Gasteiger partial charge on any atom is -0.479 e. The molecule has 0 spiro atoms. The van der Waals surface area contributed by atoms with Crippen molar-refractivity contribution < 1.29 is 29.5 Å². The van der Waals surface area contributed by atoms with Gasteiger partial charge in [0.2, 0.25) is 0 Å². The number of rotatable bonds is 6. The third-order valence-electron chi connectivity index (χ3n) is 2.69. The molecule has 1 rings (SSSR count). The van der Waals surface area contributed by atoms with Crippen LogP contribution in [0.25, 0.3) is 0 Å². The summed E-state index contributed by atoms with van der Waals surface area (Å²) in [4.78, 5) is 32.1. The maximum absolute atomic E-state index is 11.1. The number of para-hydroxylation sites is 1.